The van der Waals surface area contributed by atoms with Gasteiger partial charge in [0.05, 0.1) is 18.2 Å². The first-order chi connectivity index (χ1) is 19.7. The second-order valence-electron chi connectivity index (χ2n) is 12.3. The SMILES string of the molecule is Cc1c(-c2c(C)c3c(c(C)c2C(OC(C)(C)C)C(=O)O)CN(C(=O)c2cccc(F)c2)[C@@H]3C)cc(F)c2c1CCCO2. The zero-order valence-electron chi connectivity index (χ0n) is 25.2. The minimum Gasteiger partial charge on any atom is -0.490 e. The van der Waals surface area contributed by atoms with Crippen molar-refractivity contribution >= 4 is 11.9 Å². The number of hydrogen-bond acceptors (Lipinski definition) is 4. The van der Waals surface area contributed by atoms with Gasteiger partial charge in [0.25, 0.3) is 5.91 Å². The van der Waals surface area contributed by atoms with Crippen molar-refractivity contribution in [3.05, 3.63) is 86.5 Å². The molecule has 0 saturated heterocycles. The van der Waals surface area contributed by atoms with Gasteiger partial charge in [-0.1, -0.05) is 6.07 Å². The second-order valence-corrected chi connectivity index (χ2v) is 12.3. The zero-order valence-corrected chi connectivity index (χ0v) is 25.2. The predicted molar refractivity (Wildman–Crippen MR) is 156 cm³/mol. The van der Waals surface area contributed by atoms with E-state index in [1.165, 1.54) is 24.3 Å². The first-order valence-electron chi connectivity index (χ1n) is 14.3. The summed E-state index contributed by atoms with van der Waals surface area (Å²) >= 11 is 0. The Morgan fingerprint density at radius 3 is 2.43 bits per heavy atom. The summed E-state index contributed by atoms with van der Waals surface area (Å²) in [7, 11) is 0. The van der Waals surface area contributed by atoms with E-state index in [0.717, 1.165) is 34.2 Å². The summed E-state index contributed by atoms with van der Waals surface area (Å²) in [6.45, 7) is 13.6. The third-order valence-electron chi connectivity index (χ3n) is 8.44. The van der Waals surface area contributed by atoms with Crippen molar-refractivity contribution in [3.63, 3.8) is 0 Å². The maximum atomic E-state index is 15.6. The molecule has 1 amide bonds. The standard InChI is InChI=1S/C34H37F2NO5/c1-17-23-12-9-13-41-30(23)26(36)15-24(17)28-19(3)27-20(4)37(32(38)21-10-8-11-22(35)14-21)16-25(27)18(2)29(28)31(33(39)40)42-34(5,6)7/h8,10-11,14-15,20,31H,9,12-13,16H2,1-7H3,(H,39,40)/t20-,31?/m1/s1. The molecule has 42 heavy (non-hydrogen) atoms. The van der Waals surface area contributed by atoms with Crippen LogP contribution in [0.4, 0.5) is 8.78 Å². The van der Waals surface area contributed by atoms with E-state index in [4.69, 9.17) is 9.47 Å². The van der Waals surface area contributed by atoms with Crippen LogP contribution in [0.1, 0.15) is 95.6 Å². The Hall–Kier alpha value is -3.78. The molecule has 3 aromatic rings. The van der Waals surface area contributed by atoms with E-state index in [9.17, 15) is 19.1 Å². The topological polar surface area (TPSA) is 76.1 Å². The third kappa shape index (κ3) is 5.06. The number of carbonyl (C=O) groups is 2. The van der Waals surface area contributed by atoms with Crippen LogP contribution in [0, 0.1) is 32.4 Å². The molecule has 1 unspecified atom stereocenters. The molecular formula is C34H37F2NO5. The number of fused-ring (bicyclic) bond motifs is 2. The van der Waals surface area contributed by atoms with Gasteiger partial charge in [-0.25, -0.2) is 13.6 Å². The van der Waals surface area contributed by atoms with Gasteiger partial charge < -0.3 is 19.5 Å². The number of halogens is 2. The van der Waals surface area contributed by atoms with Gasteiger partial charge in [-0.05, 0) is 125 Å². The van der Waals surface area contributed by atoms with E-state index < -0.39 is 29.3 Å². The van der Waals surface area contributed by atoms with Crippen LogP contribution in [0.5, 0.6) is 5.75 Å². The number of ether oxygens (including phenoxy) is 2. The minimum absolute atomic E-state index is 0.221. The normalized spacial score (nSPS) is 17.0. The summed E-state index contributed by atoms with van der Waals surface area (Å²) in [5, 5.41) is 10.5. The van der Waals surface area contributed by atoms with Crippen LogP contribution in [0.2, 0.25) is 0 Å². The van der Waals surface area contributed by atoms with Gasteiger partial charge in [0.2, 0.25) is 0 Å². The van der Waals surface area contributed by atoms with Gasteiger partial charge in [-0.2, -0.15) is 0 Å². The Morgan fingerprint density at radius 2 is 1.79 bits per heavy atom. The molecule has 5 rings (SSSR count). The highest BCUT2D eigenvalue weighted by atomic mass is 19.1. The molecule has 2 atom stereocenters. The van der Waals surface area contributed by atoms with Crippen molar-refractivity contribution in [2.75, 3.05) is 6.61 Å². The van der Waals surface area contributed by atoms with Crippen LogP contribution in [0.3, 0.4) is 0 Å². The molecule has 3 aromatic carbocycles. The molecule has 0 spiro atoms. The number of carbonyl (C=O) groups excluding carboxylic acids is 1. The van der Waals surface area contributed by atoms with Gasteiger partial charge in [0.15, 0.2) is 17.7 Å². The summed E-state index contributed by atoms with van der Waals surface area (Å²) in [5.41, 5.74) is 5.81. The van der Waals surface area contributed by atoms with Crippen molar-refractivity contribution in [2.45, 2.75) is 85.6 Å². The maximum Gasteiger partial charge on any atom is 0.337 e. The fraction of sp³-hybridized carbons (Fsp3) is 0.412. The largest absolute Gasteiger partial charge is 0.490 e. The summed E-state index contributed by atoms with van der Waals surface area (Å²) in [5.74, 6) is -2.23. The summed E-state index contributed by atoms with van der Waals surface area (Å²) in [6.07, 6.45) is 0.0597. The molecule has 222 valence electrons. The zero-order chi connectivity index (χ0) is 30.7. The smallest absolute Gasteiger partial charge is 0.337 e. The van der Waals surface area contributed by atoms with Gasteiger partial charge in [-0.15, -0.1) is 0 Å². The van der Waals surface area contributed by atoms with Crippen LogP contribution in [-0.4, -0.2) is 34.1 Å². The van der Waals surface area contributed by atoms with Crippen molar-refractivity contribution < 1.29 is 33.0 Å². The highest BCUT2D eigenvalue weighted by molar-refractivity contribution is 5.95. The van der Waals surface area contributed by atoms with Crippen molar-refractivity contribution in [1.82, 2.24) is 4.90 Å². The minimum atomic E-state index is -1.35. The fourth-order valence-electron chi connectivity index (χ4n) is 6.56. The molecule has 0 bridgehead atoms. The Balaban J connectivity index is 1.78. The Labute approximate surface area is 245 Å². The molecule has 0 radical (unpaired) electrons. The average Bonchev–Trinajstić information content (AvgIpc) is 3.28. The molecular weight excluding hydrogens is 540 g/mol. The number of rotatable bonds is 5. The molecule has 8 heteroatoms. The molecule has 2 heterocycles. The van der Waals surface area contributed by atoms with Crippen molar-refractivity contribution in [1.29, 1.82) is 0 Å². The molecule has 6 nitrogen and oxygen atoms in total. The average molecular weight is 578 g/mol. The van der Waals surface area contributed by atoms with E-state index in [2.05, 4.69) is 0 Å². The van der Waals surface area contributed by atoms with Gasteiger partial charge >= 0.3 is 5.97 Å². The number of nitrogens with zero attached hydrogens (tertiary/aromatic N) is 1. The number of aliphatic carboxylic acids is 1. The highest BCUT2D eigenvalue weighted by Crippen LogP contribution is 2.49. The molecule has 0 fully saturated rings. The number of hydrogen-bond donors (Lipinski definition) is 1. The van der Waals surface area contributed by atoms with Crippen LogP contribution < -0.4 is 4.74 Å². The number of carboxylic acid groups (broad SMARTS) is 1. The molecule has 2 aliphatic rings. The summed E-state index contributed by atoms with van der Waals surface area (Å²) in [4.78, 5) is 28.1. The quantitative estimate of drug-likeness (QED) is 0.339. The lowest BCUT2D eigenvalue weighted by Crippen LogP contribution is -2.29. The predicted octanol–water partition coefficient (Wildman–Crippen LogP) is 7.54. The molecule has 0 aromatic heterocycles. The van der Waals surface area contributed by atoms with Crippen LogP contribution in [-0.2, 0) is 22.5 Å². The van der Waals surface area contributed by atoms with Crippen LogP contribution in [0.25, 0.3) is 11.1 Å². The molecule has 0 saturated carbocycles. The maximum absolute atomic E-state index is 15.6. The molecule has 1 N–H and O–H groups in total. The lowest BCUT2D eigenvalue weighted by molar-refractivity contribution is -0.160. The van der Waals surface area contributed by atoms with Crippen molar-refractivity contribution in [3.8, 4) is 16.9 Å². The van der Waals surface area contributed by atoms with Crippen LogP contribution in [0.15, 0.2) is 30.3 Å². The first-order valence-corrected chi connectivity index (χ1v) is 14.3. The van der Waals surface area contributed by atoms with E-state index in [1.807, 2.05) is 27.7 Å². The lowest BCUT2D eigenvalue weighted by Gasteiger charge is -2.31. The van der Waals surface area contributed by atoms with E-state index in [-0.39, 0.29) is 29.8 Å². The highest BCUT2D eigenvalue weighted by Gasteiger charge is 2.40. The second kappa shape index (κ2) is 10.8. The number of carboxylic acids is 1. The third-order valence-corrected chi connectivity index (χ3v) is 8.44. The van der Waals surface area contributed by atoms with E-state index in [1.54, 1.807) is 31.7 Å². The molecule has 0 aliphatic carbocycles. The Morgan fingerprint density at radius 1 is 1.07 bits per heavy atom. The summed E-state index contributed by atoms with van der Waals surface area (Å²) in [6, 6.07) is 6.63. The van der Waals surface area contributed by atoms with E-state index >= 15 is 4.39 Å². The lowest BCUT2D eigenvalue weighted by atomic mass is 9.80. The van der Waals surface area contributed by atoms with Gasteiger partial charge in [0, 0.05) is 23.2 Å². The Kier molecular flexibility index (Phi) is 7.64. The number of benzene rings is 3. The first kappa shape index (κ1) is 29.7. The van der Waals surface area contributed by atoms with Crippen molar-refractivity contribution in [2.24, 2.45) is 0 Å². The number of amides is 1. The monoisotopic (exact) mass is 577 g/mol. The van der Waals surface area contributed by atoms with Gasteiger partial charge in [-0.3, -0.25) is 4.79 Å². The summed E-state index contributed by atoms with van der Waals surface area (Å²) < 4.78 is 41.4. The van der Waals surface area contributed by atoms with Crippen LogP contribution >= 0.6 is 0 Å². The Bertz CT molecular complexity index is 1610. The molecule has 2 aliphatic heterocycles. The fourth-order valence-corrected chi connectivity index (χ4v) is 6.56. The van der Waals surface area contributed by atoms with E-state index in [0.29, 0.717) is 35.3 Å². The van der Waals surface area contributed by atoms with Gasteiger partial charge in [0.1, 0.15) is 5.82 Å².